The number of Topliss-reactive ketones (excluding diaryl/α,β-unsaturated/α-hetero) is 1. The molecule has 1 aromatic rings. The Balaban J connectivity index is 1.88. The van der Waals surface area contributed by atoms with Gasteiger partial charge in [-0.3, -0.25) is 4.79 Å². The van der Waals surface area contributed by atoms with Crippen molar-refractivity contribution in [2.45, 2.75) is 51.1 Å². The largest absolute Gasteiger partial charge is 0.491 e. The average Bonchev–Trinajstić information content (AvgIpc) is 2.40. The minimum Gasteiger partial charge on any atom is -0.491 e. The van der Waals surface area contributed by atoms with Crippen molar-refractivity contribution in [1.82, 2.24) is 0 Å². The van der Waals surface area contributed by atoms with Crippen LogP contribution in [0.1, 0.15) is 39.0 Å². The van der Waals surface area contributed by atoms with Crippen molar-refractivity contribution in [2.75, 3.05) is 11.5 Å². The molecular weight excluding hydrogens is 257 g/mol. The van der Waals surface area contributed by atoms with Gasteiger partial charge in [0.1, 0.15) is 5.78 Å². The molecule has 4 heteroatoms. The number of ether oxygens (including phenoxy) is 1. The lowest BCUT2D eigenvalue weighted by Gasteiger charge is -2.47. The molecule has 2 heterocycles. The van der Waals surface area contributed by atoms with Crippen molar-refractivity contribution in [2.24, 2.45) is 0 Å². The summed E-state index contributed by atoms with van der Waals surface area (Å²) in [5, 5.41) is 0. The van der Waals surface area contributed by atoms with Crippen LogP contribution in [-0.4, -0.2) is 24.5 Å². The average molecular weight is 277 g/mol. The fourth-order valence-corrected chi connectivity index (χ4v) is 3.52. The minimum atomic E-state index is -0.320. The van der Waals surface area contributed by atoms with E-state index in [4.69, 9.17) is 4.74 Å². The zero-order chi connectivity index (χ0) is 14.1. The number of nitrogens with zero attached hydrogens (tertiary/aromatic N) is 1. The standard InChI is InChI=1S/C16H20FNO2/c1-2-20-16-7-6-13(10-15(16)17)18-11-4-3-5-12(18)9-14(19)8-11/h6-7,10-12H,2-5,8-9H2,1H3. The van der Waals surface area contributed by atoms with Gasteiger partial charge in [-0.2, -0.15) is 0 Å². The summed E-state index contributed by atoms with van der Waals surface area (Å²) >= 11 is 0. The summed E-state index contributed by atoms with van der Waals surface area (Å²) in [7, 11) is 0. The van der Waals surface area contributed by atoms with Crippen LogP contribution < -0.4 is 9.64 Å². The number of fused-ring (bicyclic) bond motifs is 2. The Bertz CT molecular complexity index is 501. The molecule has 0 saturated carbocycles. The highest BCUT2D eigenvalue weighted by Crippen LogP contribution is 2.37. The van der Waals surface area contributed by atoms with Gasteiger partial charge in [0.2, 0.25) is 0 Å². The molecule has 0 radical (unpaired) electrons. The van der Waals surface area contributed by atoms with Gasteiger partial charge >= 0.3 is 0 Å². The van der Waals surface area contributed by atoms with E-state index in [0.29, 0.717) is 31.0 Å². The number of rotatable bonds is 3. The lowest BCUT2D eigenvalue weighted by Crippen LogP contribution is -2.52. The van der Waals surface area contributed by atoms with E-state index in [1.54, 1.807) is 12.1 Å². The monoisotopic (exact) mass is 277 g/mol. The first-order valence-corrected chi connectivity index (χ1v) is 7.41. The Kier molecular flexibility index (Phi) is 3.64. The summed E-state index contributed by atoms with van der Waals surface area (Å²) < 4.78 is 19.3. The molecule has 108 valence electrons. The number of anilines is 1. The van der Waals surface area contributed by atoms with Crippen LogP contribution in [0.25, 0.3) is 0 Å². The first kappa shape index (κ1) is 13.4. The molecule has 0 spiro atoms. The van der Waals surface area contributed by atoms with E-state index in [1.807, 2.05) is 13.0 Å². The SMILES string of the molecule is CCOc1ccc(N2C3CCCC2CC(=O)C3)cc1F. The molecule has 2 aliphatic heterocycles. The number of hydrogen-bond acceptors (Lipinski definition) is 3. The number of hydrogen-bond donors (Lipinski definition) is 0. The molecule has 20 heavy (non-hydrogen) atoms. The summed E-state index contributed by atoms with van der Waals surface area (Å²) in [4.78, 5) is 14.0. The third-order valence-electron chi connectivity index (χ3n) is 4.30. The van der Waals surface area contributed by atoms with Crippen molar-refractivity contribution < 1.29 is 13.9 Å². The Morgan fingerprint density at radius 2 is 2.00 bits per heavy atom. The highest BCUT2D eigenvalue weighted by molar-refractivity contribution is 5.82. The van der Waals surface area contributed by atoms with Crippen LogP contribution in [0.15, 0.2) is 18.2 Å². The quantitative estimate of drug-likeness (QED) is 0.849. The Morgan fingerprint density at radius 3 is 2.60 bits per heavy atom. The molecule has 0 N–H and O–H groups in total. The first-order valence-electron chi connectivity index (χ1n) is 7.41. The Morgan fingerprint density at radius 1 is 1.30 bits per heavy atom. The highest BCUT2D eigenvalue weighted by atomic mass is 19.1. The molecule has 0 aliphatic carbocycles. The molecule has 2 saturated heterocycles. The fourth-order valence-electron chi connectivity index (χ4n) is 3.52. The van der Waals surface area contributed by atoms with Gasteiger partial charge in [-0.25, -0.2) is 4.39 Å². The Hall–Kier alpha value is -1.58. The van der Waals surface area contributed by atoms with E-state index in [9.17, 15) is 9.18 Å². The summed E-state index contributed by atoms with van der Waals surface area (Å²) in [5.74, 6) is 0.330. The number of carbonyl (C=O) groups is 1. The van der Waals surface area contributed by atoms with Gasteiger partial charge in [0.25, 0.3) is 0 Å². The van der Waals surface area contributed by atoms with Crippen LogP contribution >= 0.6 is 0 Å². The lowest BCUT2D eigenvalue weighted by molar-refractivity contribution is -0.121. The maximum Gasteiger partial charge on any atom is 0.167 e. The van der Waals surface area contributed by atoms with E-state index in [-0.39, 0.29) is 17.9 Å². The van der Waals surface area contributed by atoms with Gasteiger partial charge in [0.15, 0.2) is 11.6 Å². The van der Waals surface area contributed by atoms with Crippen LogP contribution in [0, 0.1) is 5.82 Å². The van der Waals surface area contributed by atoms with E-state index in [2.05, 4.69) is 4.90 Å². The third kappa shape index (κ3) is 2.39. The predicted molar refractivity (Wildman–Crippen MR) is 75.7 cm³/mol. The molecular formula is C16H20FNO2. The third-order valence-corrected chi connectivity index (χ3v) is 4.30. The molecule has 2 atom stereocenters. The summed E-state index contributed by atoms with van der Waals surface area (Å²) in [6.45, 7) is 2.30. The smallest absolute Gasteiger partial charge is 0.167 e. The van der Waals surface area contributed by atoms with E-state index in [1.165, 1.54) is 6.42 Å². The zero-order valence-corrected chi connectivity index (χ0v) is 11.8. The minimum absolute atomic E-state index is 0.243. The molecule has 0 amide bonds. The van der Waals surface area contributed by atoms with Gasteiger partial charge in [0, 0.05) is 36.7 Å². The molecule has 2 fully saturated rings. The van der Waals surface area contributed by atoms with Gasteiger partial charge in [-0.15, -0.1) is 0 Å². The van der Waals surface area contributed by atoms with Crippen LogP contribution in [0.2, 0.25) is 0 Å². The van der Waals surface area contributed by atoms with Gasteiger partial charge < -0.3 is 9.64 Å². The molecule has 2 unspecified atom stereocenters. The highest BCUT2D eigenvalue weighted by Gasteiger charge is 2.37. The van der Waals surface area contributed by atoms with Crippen molar-refractivity contribution in [1.29, 1.82) is 0 Å². The van der Waals surface area contributed by atoms with Crippen molar-refractivity contribution in [3.8, 4) is 5.75 Å². The van der Waals surface area contributed by atoms with Crippen molar-refractivity contribution in [3.63, 3.8) is 0 Å². The van der Waals surface area contributed by atoms with Gasteiger partial charge in [-0.1, -0.05) is 0 Å². The fraction of sp³-hybridized carbons (Fsp3) is 0.562. The second-order valence-corrected chi connectivity index (χ2v) is 5.64. The first-order chi connectivity index (χ1) is 9.69. The van der Waals surface area contributed by atoms with Crippen LogP contribution in [0.4, 0.5) is 10.1 Å². The normalized spacial score (nSPS) is 25.7. The number of carbonyl (C=O) groups excluding carboxylic acids is 1. The second kappa shape index (κ2) is 5.43. The van der Waals surface area contributed by atoms with Crippen molar-refractivity contribution >= 4 is 11.5 Å². The van der Waals surface area contributed by atoms with Crippen LogP contribution in [0.5, 0.6) is 5.75 Å². The number of benzene rings is 1. The molecule has 0 aromatic heterocycles. The number of halogens is 1. The number of piperidine rings is 2. The maximum atomic E-state index is 14.0. The summed E-state index contributed by atoms with van der Waals surface area (Å²) in [5.41, 5.74) is 0.883. The lowest BCUT2D eigenvalue weighted by atomic mass is 9.83. The second-order valence-electron chi connectivity index (χ2n) is 5.64. The van der Waals surface area contributed by atoms with Crippen molar-refractivity contribution in [3.05, 3.63) is 24.0 Å². The zero-order valence-electron chi connectivity index (χ0n) is 11.8. The van der Waals surface area contributed by atoms with Crippen LogP contribution in [0.3, 0.4) is 0 Å². The Labute approximate surface area is 118 Å². The molecule has 2 aliphatic rings. The number of ketones is 1. The summed E-state index contributed by atoms with van der Waals surface area (Å²) in [6.07, 6.45) is 4.42. The van der Waals surface area contributed by atoms with Gasteiger partial charge in [-0.05, 0) is 38.3 Å². The van der Waals surface area contributed by atoms with E-state index < -0.39 is 0 Å². The molecule has 3 rings (SSSR count). The molecule has 2 bridgehead atoms. The van der Waals surface area contributed by atoms with Gasteiger partial charge in [0.05, 0.1) is 6.61 Å². The summed E-state index contributed by atoms with van der Waals surface area (Å²) in [6, 6.07) is 5.64. The maximum absolute atomic E-state index is 14.0. The van der Waals surface area contributed by atoms with E-state index >= 15 is 0 Å². The predicted octanol–water partition coefficient (Wildman–Crippen LogP) is 3.31. The van der Waals surface area contributed by atoms with Crippen LogP contribution in [-0.2, 0) is 4.79 Å². The van der Waals surface area contributed by atoms with E-state index in [0.717, 1.165) is 18.5 Å². The molecule has 3 nitrogen and oxygen atoms in total. The molecule has 1 aromatic carbocycles. The topological polar surface area (TPSA) is 29.5 Å².